The summed E-state index contributed by atoms with van der Waals surface area (Å²) in [4.78, 5) is 19.6. The van der Waals surface area contributed by atoms with Crippen molar-refractivity contribution in [2.24, 2.45) is 0 Å². The Morgan fingerprint density at radius 1 is 1.07 bits per heavy atom. The van der Waals surface area contributed by atoms with Gasteiger partial charge in [-0.2, -0.15) is 5.10 Å². The molecule has 2 aromatic heterocycles. The summed E-state index contributed by atoms with van der Waals surface area (Å²) < 4.78 is 1.75. The Morgan fingerprint density at radius 2 is 1.77 bits per heavy atom. The molecule has 0 unspecified atom stereocenters. The molecule has 6 heteroatoms. The SMILES string of the molecule is CCN(CC)Cc1ccc(CNC(=O)c2cnn(-c3ccccn3)c2C(C)C)cc1. The number of rotatable bonds is 9. The van der Waals surface area contributed by atoms with E-state index in [2.05, 4.69) is 72.3 Å². The van der Waals surface area contributed by atoms with Gasteiger partial charge in [0.25, 0.3) is 5.91 Å². The molecular weight excluding hydrogens is 374 g/mol. The fraction of sp³-hybridized carbons (Fsp3) is 0.375. The monoisotopic (exact) mass is 405 g/mol. The summed E-state index contributed by atoms with van der Waals surface area (Å²) in [7, 11) is 0. The number of amides is 1. The average molecular weight is 406 g/mol. The third-order valence-corrected chi connectivity index (χ3v) is 5.24. The highest BCUT2D eigenvalue weighted by Crippen LogP contribution is 2.22. The lowest BCUT2D eigenvalue weighted by atomic mass is 10.1. The lowest BCUT2D eigenvalue weighted by Crippen LogP contribution is -2.24. The minimum atomic E-state index is -0.118. The van der Waals surface area contributed by atoms with E-state index in [1.165, 1.54) is 5.56 Å². The van der Waals surface area contributed by atoms with Gasteiger partial charge in [-0.1, -0.05) is 58.0 Å². The molecule has 0 saturated carbocycles. The number of hydrogen-bond acceptors (Lipinski definition) is 4. The minimum Gasteiger partial charge on any atom is -0.348 e. The van der Waals surface area contributed by atoms with Gasteiger partial charge in [0.05, 0.1) is 17.5 Å². The maximum atomic E-state index is 12.9. The number of pyridine rings is 1. The van der Waals surface area contributed by atoms with Crippen molar-refractivity contribution >= 4 is 5.91 Å². The van der Waals surface area contributed by atoms with E-state index in [0.29, 0.717) is 17.9 Å². The van der Waals surface area contributed by atoms with Crippen molar-refractivity contribution < 1.29 is 4.79 Å². The summed E-state index contributed by atoms with van der Waals surface area (Å²) in [6.45, 7) is 12.0. The van der Waals surface area contributed by atoms with Crippen LogP contribution in [0.1, 0.15) is 60.8 Å². The molecule has 0 saturated heterocycles. The Labute approximate surface area is 178 Å². The van der Waals surface area contributed by atoms with Crippen molar-refractivity contribution in [3.63, 3.8) is 0 Å². The van der Waals surface area contributed by atoms with Gasteiger partial charge in [-0.3, -0.25) is 9.69 Å². The van der Waals surface area contributed by atoms with Gasteiger partial charge in [-0.05, 0) is 42.3 Å². The molecule has 0 fully saturated rings. The lowest BCUT2D eigenvalue weighted by molar-refractivity contribution is 0.0949. The molecule has 0 aliphatic rings. The van der Waals surface area contributed by atoms with Gasteiger partial charge in [0.2, 0.25) is 0 Å². The molecule has 30 heavy (non-hydrogen) atoms. The zero-order valence-corrected chi connectivity index (χ0v) is 18.3. The van der Waals surface area contributed by atoms with Gasteiger partial charge in [-0.15, -0.1) is 0 Å². The van der Waals surface area contributed by atoms with Gasteiger partial charge in [0.15, 0.2) is 5.82 Å². The van der Waals surface area contributed by atoms with E-state index in [1.807, 2.05) is 18.2 Å². The van der Waals surface area contributed by atoms with Crippen molar-refractivity contribution in [3.8, 4) is 5.82 Å². The minimum absolute atomic E-state index is 0.118. The number of hydrogen-bond donors (Lipinski definition) is 1. The molecule has 1 amide bonds. The molecule has 0 atom stereocenters. The molecule has 3 rings (SSSR count). The Balaban J connectivity index is 1.69. The second-order valence-electron chi connectivity index (χ2n) is 7.66. The first kappa shape index (κ1) is 21.7. The molecule has 0 bridgehead atoms. The number of carbonyl (C=O) groups is 1. The van der Waals surface area contributed by atoms with Gasteiger partial charge < -0.3 is 5.32 Å². The molecule has 0 aliphatic heterocycles. The summed E-state index contributed by atoms with van der Waals surface area (Å²) in [6, 6.07) is 14.1. The third-order valence-electron chi connectivity index (χ3n) is 5.24. The van der Waals surface area contributed by atoms with Crippen LogP contribution in [0.5, 0.6) is 0 Å². The molecule has 6 nitrogen and oxygen atoms in total. The normalized spacial score (nSPS) is 11.3. The van der Waals surface area contributed by atoms with Crippen LogP contribution in [0.3, 0.4) is 0 Å². The number of carbonyl (C=O) groups excluding carboxylic acids is 1. The summed E-state index contributed by atoms with van der Waals surface area (Å²) in [6.07, 6.45) is 3.36. The molecule has 0 radical (unpaired) electrons. The zero-order valence-electron chi connectivity index (χ0n) is 18.3. The Morgan fingerprint density at radius 3 is 2.37 bits per heavy atom. The van der Waals surface area contributed by atoms with Crippen LogP contribution in [-0.2, 0) is 13.1 Å². The van der Waals surface area contributed by atoms with E-state index in [9.17, 15) is 4.79 Å². The first-order valence-electron chi connectivity index (χ1n) is 10.6. The highest BCUT2D eigenvalue weighted by Gasteiger charge is 2.21. The number of aromatic nitrogens is 3. The van der Waals surface area contributed by atoms with Gasteiger partial charge in [0, 0.05) is 19.3 Å². The largest absolute Gasteiger partial charge is 0.348 e. The predicted molar refractivity (Wildman–Crippen MR) is 120 cm³/mol. The molecule has 3 aromatic rings. The van der Waals surface area contributed by atoms with Crippen LogP contribution in [0.25, 0.3) is 5.82 Å². The van der Waals surface area contributed by atoms with E-state index in [1.54, 1.807) is 17.1 Å². The maximum Gasteiger partial charge on any atom is 0.255 e. The van der Waals surface area contributed by atoms with Crippen LogP contribution < -0.4 is 5.32 Å². The van der Waals surface area contributed by atoms with Crippen molar-refractivity contribution in [2.75, 3.05) is 13.1 Å². The fourth-order valence-electron chi connectivity index (χ4n) is 3.50. The van der Waals surface area contributed by atoms with Crippen LogP contribution in [0.15, 0.2) is 54.9 Å². The Kier molecular flexibility index (Phi) is 7.36. The molecule has 1 N–H and O–H groups in total. The quantitative estimate of drug-likeness (QED) is 0.581. The first-order valence-corrected chi connectivity index (χ1v) is 10.6. The van der Waals surface area contributed by atoms with E-state index in [4.69, 9.17) is 0 Å². The Bertz CT molecular complexity index is 943. The average Bonchev–Trinajstić information content (AvgIpc) is 3.23. The van der Waals surface area contributed by atoms with Crippen LogP contribution in [0, 0.1) is 0 Å². The van der Waals surface area contributed by atoms with E-state index < -0.39 is 0 Å². The second-order valence-corrected chi connectivity index (χ2v) is 7.66. The first-order chi connectivity index (χ1) is 14.5. The number of nitrogens with one attached hydrogen (secondary N) is 1. The molecule has 0 aliphatic carbocycles. The van der Waals surface area contributed by atoms with E-state index in [0.717, 1.165) is 30.9 Å². The molecule has 2 heterocycles. The van der Waals surface area contributed by atoms with Gasteiger partial charge in [-0.25, -0.2) is 9.67 Å². The van der Waals surface area contributed by atoms with E-state index in [-0.39, 0.29) is 11.8 Å². The fourth-order valence-corrected chi connectivity index (χ4v) is 3.50. The Hall–Kier alpha value is -2.99. The van der Waals surface area contributed by atoms with Crippen LogP contribution >= 0.6 is 0 Å². The third kappa shape index (κ3) is 5.13. The summed E-state index contributed by atoms with van der Waals surface area (Å²) in [5.41, 5.74) is 3.82. The summed E-state index contributed by atoms with van der Waals surface area (Å²) in [5, 5.41) is 7.46. The predicted octanol–water partition coefficient (Wildman–Crippen LogP) is 4.16. The van der Waals surface area contributed by atoms with Crippen molar-refractivity contribution in [3.05, 3.63) is 77.2 Å². The smallest absolute Gasteiger partial charge is 0.255 e. The van der Waals surface area contributed by atoms with Crippen LogP contribution in [0.4, 0.5) is 0 Å². The number of benzene rings is 1. The molecular formula is C24H31N5O. The van der Waals surface area contributed by atoms with Crippen molar-refractivity contribution in [1.29, 1.82) is 0 Å². The number of nitrogens with zero attached hydrogens (tertiary/aromatic N) is 4. The molecule has 158 valence electrons. The van der Waals surface area contributed by atoms with Crippen LogP contribution in [-0.4, -0.2) is 38.7 Å². The van der Waals surface area contributed by atoms with Gasteiger partial charge >= 0.3 is 0 Å². The standard InChI is InChI=1S/C24H31N5O/c1-5-28(6-2)17-20-12-10-19(11-13-20)15-26-24(30)21-16-27-29(23(21)18(3)4)22-9-7-8-14-25-22/h7-14,16,18H,5-6,15,17H2,1-4H3,(H,26,30). The van der Waals surface area contributed by atoms with E-state index >= 15 is 0 Å². The van der Waals surface area contributed by atoms with Crippen molar-refractivity contribution in [1.82, 2.24) is 25.0 Å². The topological polar surface area (TPSA) is 63.1 Å². The zero-order chi connectivity index (χ0) is 21.5. The van der Waals surface area contributed by atoms with Gasteiger partial charge in [0.1, 0.15) is 0 Å². The maximum absolute atomic E-state index is 12.9. The van der Waals surface area contributed by atoms with Crippen LogP contribution in [0.2, 0.25) is 0 Å². The molecule has 1 aromatic carbocycles. The summed E-state index contributed by atoms with van der Waals surface area (Å²) in [5.74, 6) is 0.728. The lowest BCUT2D eigenvalue weighted by Gasteiger charge is -2.18. The highest BCUT2D eigenvalue weighted by molar-refractivity contribution is 5.95. The second kappa shape index (κ2) is 10.2. The molecule has 0 spiro atoms. The van der Waals surface area contributed by atoms with Crippen molar-refractivity contribution in [2.45, 2.75) is 46.7 Å². The summed E-state index contributed by atoms with van der Waals surface area (Å²) >= 11 is 0. The highest BCUT2D eigenvalue weighted by atomic mass is 16.1.